The van der Waals surface area contributed by atoms with Crippen LogP contribution in [0.1, 0.15) is 27.2 Å². The Hall–Kier alpha value is -1.05. The molecule has 0 aromatic carbocycles. The number of esters is 1. The van der Waals surface area contributed by atoms with Gasteiger partial charge in [0.2, 0.25) is 0 Å². The van der Waals surface area contributed by atoms with Crippen molar-refractivity contribution in [2.75, 3.05) is 0 Å². The van der Waals surface area contributed by atoms with Gasteiger partial charge in [-0.2, -0.15) is 0 Å². The van der Waals surface area contributed by atoms with Crippen LogP contribution in [0.4, 0.5) is 0 Å². The topological polar surface area (TPSA) is 26.3 Å². The maximum absolute atomic E-state index is 10.9. The third-order valence-corrected chi connectivity index (χ3v) is 1.22. The minimum atomic E-state index is -0.198. The van der Waals surface area contributed by atoms with Gasteiger partial charge in [-0.05, 0) is 12.5 Å². The zero-order valence-corrected chi connectivity index (χ0v) is 7.91. The molecule has 0 aromatic rings. The Morgan fingerprint density at radius 2 is 2.08 bits per heavy atom. The Bertz CT molecular complexity index is 178. The summed E-state index contributed by atoms with van der Waals surface area (Å²) < 4.78 is 4.78. The second-order valence-corrected chi connectivity index (χ2v) is 2.76. The van der Waals surface area contributed by atoms with Crippen LogP contribution >= 0.6 is 0 Å². The number of ether oxygens (including phenoxy) is 1. The summed E-state index contributed by atoms with van der Waals surface area (Å²) in [6, 6.07) is 0. The highest BCUT2D eigenvalue weighted by Gasteiger charge is 2.04. The van der Waals surface area contributed by atoms with Gasteiger partial charge in [0.15, 0.2) is 0 Å². The summed E-state index contributed by atoms with van der Waals surface area (Å²) in [7, 11) is 0. The quantitative estimate of drug-likeness (QED) is 0.366. The van der Waals surface area contributed by atoms with E-state index < -0.39 is 0 Å². The summed E-state index contributed by atoms with van der Waals surface area (Å²) in [6.45, 7) is 5.65. The highest BCUT2D eigenvalue weighted by Crippen LogP contribution is 1.95. The molecule has 0 aliphatic heterocycles. The van der Waals surface area contributed by atoms with E-state index in [4.69, 9.17) is 4.74 Å². The zero-order valence-electron chi connectivity index (χ0n) is 7.91. The van der Waals surface area contributed by atoms with E-state index in [2.05, 4.69) is 0 Å². The molecule has 0 fully saturated rings. The standard InChI is InChI=1S/C10H16O2/c1-4-5-6-7-8-12-10(11)9(2)3/h5-9H,4H2,1-3H3/b6-5+,8-7+. The van der Waals surface area contributed by atoms with Crippen LogP contribution in [0.2, 0.25) is 0 Å². The van der Waals surface area contributed by atoms with Crippen LogP contribution in [-0.2, 0) is 9.53 Å². The molecule has 68 valence electrons. The van der Waals surface area contributed by atoms with Gasteiger partial charge in [-0.15, -0.1) is 0 Å². The van der Waals surface area contributed by atoms with E-state index >= 15 is 0 Å². The predicted octanol–water partition coefficient (Wildman–Crippen LogP) is 2.67. The first-order valence-corrected chi connectivity index (χ1v) is 4.20. The van der Waals surface area contributed by atoms with Crippen molar-refractivity contribution < 1.29 is 9.53 Å². The first-order chi connectivity index (χ1) is 5.68. The number of hydrogen-bond acceptors (Lipinski definition) is 2. The van der Waals surface area contributed by atoms with Gasteiger partial charge >= 0.3 is 5.97 Å². The molecule has 0 spiro atoms. The molecule has 0 N–H and O–H groups in total. The summed E-state index contributed by atoms with van der Waals surface area (Å²) in [6.07, 6.45) is 7.95. The average Bonchev–Trinajstić information content (AvgIpc) is 2.03. The molecule has 0 aliphatic carbocycles. The molecule has 0 rings (SSSR count). The lowest BCUT2D eigenvalue weighted by Crippen LogP contribution is -2.07. The Balaban J connectivity index is 3.60. The Kier molecular flexibility index (Phi) is 6.07. The van der Waals surface area contributed by atoms with Crippen molar-refractivity contribution in [2.24, 2.45) is 5.92 Å². The van der Waals surface area contributed by atoms with E-state index in [0.717, 1.165) is 6.42 Å². The van der Waals surface area contributed by atoms with Crippen LogP contribution in [0.3, 0.4) is 0 Å². The number of carbonyl (C=O) groups is 1. The van der Waals surface area contributed by atoms with E-state index in [-0.39, 0.29) is 11.9 Å². The fourth-order valence-electron chi connectivity index (χ4n) is 0.502. The van der Waals surface area contributed by atoms with Crippen molar-refractivity contribution in [1.82, 2.24) is 0 Å². The van der Waals surface area contributed by atoms with Crippen LogP contribution < -0.4 is 0 Å². The monoisotopic (exact) mass is 168 g/mol. The molecule has 2 nitrogen and oxygen atoms in total. The first kappa shape index (κ1) is 11.0. The lowest BCUT2D eigenvalue weighted by atomic mass is 10.2. The van der Waals surface area contributed by atoms with Crippen molar-refractivity contribution >= 4 is 5.97 Å². The molecule has 0 atom stereocenters. The Morgan fingerprint density at radius 3 is 2.58 bits per heavy atom. The molecule has 0 aromatic heterocycles. The molecule has 0 amide bonds. The van der Waals surface area contributed by atoms with Crippen molar-refractivity contribution in [3.05, 3.63) is 24.5 Å². The van der Waals surface area contributed by atoms with Crippen LogP contribution in [0.5, 0.6) is 0 Å². The fourth-order valence-corrected chi connectivity index (χ4v) is 0.502. The van der Waals surface area contributed by atoms with Gasteiger partial charge in [0.05, 0.1) is 12.2 Å². The lowest BCUT2D eigenvalue weighted by molar-refractivity contribution is -0.141. The highest BCUT2D eigenvalue weighted by molar-refractivity contribution is 5.72. The van der Waals surface area contributed by atoms with Gasteiger partial charge in [0.25, 0.3) is 0 Å². The van der Waals surface area contributed by atoms with Crippen LogP contribution in [-0.4, -0.2) is 5.97 Å². The Morgan fingerprint density at radius 1 is 1.42 bits per heavy atom. The molecule has 0 aliphatic rings. The molecular weight excluding hydrogens is 152 g/mol. The summed E-state index contributed by atoms with van der Waals surface area (Å²) in [5, 5.41) is 0. The average molecular weight is 168 g/mol. The molecule has 2 heteroatoms. The normalized spacial score (nSPS) is 11.7. The second kappa shape index (κ2) is 6.65. The van der Waals surface area contributed by atoms with Gasteiger partial charge in [-0.3, -0.25) is 4.79 Å². The SMILES string of the molecule is CC/C=C/C=C/OC(=O)C(C)C. The maximum atomic E-state index is 10.9. The van der Waals surface area contributed by atoms with Crippen molar-refractivity contribution in [3.8, 4) is 0 Å². The molecule has 0 saturated heterocycles. The minimum Gasteiger partial charge on any atom is -0.434 e. The molecule has 12 heavy (non-hydrogen) atoms. The third-order valence-electron chi connectivity index (χ3n) is 1.22. The van der Waals surface area contributed by atoms with Crippen LogP contribution in [0, 0.1) is 5.92 Å². The molecule has 0 heterocycles. The fraction of sp³-hybridized carbons (Fsp3) is 0.500. The number of allylic oxidation sites excluding steroid dienone is 3. The number of rotatable bonds is 4. The lowest BCUT2D eigenvalue weighted by Gasteiger charge is -1.99. The van der Waals surface area contributed by atoms with E-state index in [1.807, 2.05) is 19.1 Å². The van der Waals surface area contributed by atoms with Gasteiger partial charge in [0.1, 0.15) is 0 Å². The molecule has 0 saturated carbocycles. The summed E-state index contributed by atoms with van der Waals surface area (Å²) in [5.41, 5.74) is 0. The third kappa shape index (κ3) is 5.71. The molecule has 0 bridgehead atoms. The van der Waals surface area contributed by atoms with Gasteiger partial charge in [-0.1, -0.05) is 32.9 Å². The summed E-state index contributed by atoms with van der Waals surface area (Å²) in [4.78, 5) is 10.9. The smallest absolute Gasteiger partial charge is 0.313 e. The zero-order chi connectivity index (χ0) is 9.40. The van der Waals surface area contributed by atoms with Crippen LogP contribution in [0.25, 0.3) is 0 Å². The van der Waals surface area contributed by atoms with Gasteiger partial charge in [-0.25, -0.2) is 0 Å². The van der Waals surface area contributed by atoms with E-state index in [9.17, 15) is 4.79 Å². The second-order valence-electron chi connectivity index (χ2n) is 2.76. The number of carbonyl (C=O) groups excluding carboxylic acids is 1. The Labute approximate surface area is 73.9 Å². The molecule has 0 unspecified atom stereocenters. The van der Waals surface area contributed by atoms with Crippen LogP contribution in [0.15, 0.2) is 24.5 Å². The number of hydrogen-bond donors (Lipinski definition) is 0. The summed E-state index contributed by atoms with van der Waals surface area (Å²) in [5.74, 6) is -0.263. The minimum absolute atomic E-state index is 0.0650. The predicted molar refractivity (Wildman–Crippen MR) is 49.5 cm³/mol. The van der Waals surface area contributed by atoms with E-state index in [1.54, 1.807) is 19.9 Å². The molecular formula is C10H16O2. The first-order valence-electron chi connectivity index (χ1n) is 4.20. The maximum Gasteiger partial charge on any atom is 0.313 e. The van der Waals surface area contributed by atoms with Gasteiger partial charge < -0.3 is 4.74 Å². The summed E-state index contributed by atoms with van der Waals surface area (Å²) >= 11 is 0. The largest absolute Gasteiger partial charge is 0.434 e. The van der Waals surface area contributed by atoms with Crippen molar-refractivity contribution in [1.29, 1.82) is 0 Å². The van der Waals surface area contributed by atoms with E-state index in [0.29, 0.717) is 0 Å². The van der Waals surface area contributed by atoms with Crippen molar-refractivity contribution in [2.45, 2.75) is 27.2 Å². The highest BCUT2D eigenvalue weighted by atomic mass is 16.5. The molecule has 0 radical (unpaired) electrons. The van der Waals surface area contributed by atoms with Gasteiger partial charge in [0, 0.05) is 0 Å². The van der Waals surface area contributed by atoms with E-state index in [1.165, 1.54) is 6.26 Å². The van der Waals surface area contributed by atoms with Crippen molar-refractivity contribution in [3.63, 3.8) is 0 Å².